The molecule has 92 valence electrons. The number of aromatic nitrogens is 3. The quantitative estimate of drug-likeness (QED) is 0.876. The van der Waals surface area contributed by atoms with Crippen LogP contribution in [0.25, 0.3) is 11.1 Å². The summed E-state index contributed by atoms with van der Waals surface area (Å²) >= 11 is 0. The lowest BCUT2D eigenvalue weighted by molar-refractivity contribution is 0.0683. The molecule has 0 bridgehead atoms. The lowest BCUT2D eigenvalue weighted by Crippen LogP contribution is -2.10. The number of carboxylic acid groups (broad SMARTS) is 1. The maximum atomic E-state index is 10.7. The van der Waals surface area contributed by atoms with E-state index >= 15 is 0 Å². The molecule has 2 aromatic heterocycles. The van der Waals surface area contributed by atoms with Gasteiger partial charge < -0.3 is 10.0 Å². The second-order valence-electron chi connectivity index (χ2n) is 3.90. The number of aromatic carboxylic acids is 1. The highest BCUT2D eigenvalue weighted by molar-refractivity contribution is 5.83. The van der Waals surface area contributed by atoms with Crippen molar-refractivity contribution < 1.29 is 9.90 Å². The number of hydrogen-bond donors (Lipinski definition) is 1. The van der Waals surface area contributed by atoms with Gasteiger partial charge in [0.15, 0.2) is 0 Å². The van der Waals surface area contributed by atoms with Crippen LogP contribution in [0.2, 0.25) is 0 Å². The SMILES string of the molecule is CN(C)c1cc(-c2cnc(C(=O)O)nc2)ccn1. The van der Waals surface area contributed by atoms with Gasteiger partial charge in [0, 0.05) is 38.2 Å². The highest BCUT2D eigenvalue weighted by atomic mass is 16.4. The van der Waals surface area contributed by atoms with E-state index in [0.29, 0.717) is 0 Å². The Morgan fingerprint density at radius 3 is 2.39 bits per heavy atom. The fourth-order valence-electron chi connectivity index (χ4n) is 1.43. The average Bonchev–Trinajstić information content (AvgIpc) is 2.39. The molecular formula is C12H12N4O2. The van der Waals surface area contributed by atoms with Crippen molar-refractivity contribution in [3.8, 4) is 11.1 Å². The molecule has 0 aliphatic carbocycles. The van der Waals surface area contributed by atoms with Crippen molar-refractivity contribution in [2.24, 2.45) is 0 Å². The molecule has 0 amide bonds. The molecule has 0 aliphatic rings. The van der Waals surface area contributed by atoms with Crippen LogP contribution in [0.15, 0.2) is 30.7 Å². The van der Waals surface area contributed by atoms with Crippen molar-refractivity contribution in [1.29, 1.82) is 0 Å². The second-order valence-corrected chi connectivity index (χ2v) is 3.90. The van der Waals surface area contributed by atoms with E-state index in [1.54, 1.807) is 6.20 Å². The first-order valence-electron chi connectivity index (χ1n) is 5.27. The summed E-state index contributed by atoms with van der Waals surface area (Å²) in [6.07, 6.45) is 4.67. The van der Waals surface area contributed by atoms with Crippen LogP contribution in [0, 0.1) is 0 Å². The molecule has 0 unspecified atom stereocenters. The number of hydrogen-bond acceptors (Lipinski definition) is 5. The first kappa shape index (κ1) is 12.0. The highest BCUT2D eigenvalue weighted by Crippen LogP contribution is 2.20. The zero-order chi connectivity index (χ0) is 13.1. The summed E-state index contributed by atoms with van der Waals surface area (Å²) in [6, 6.07) is 3.71. The maximum absolute atomic E-state index is 10.7. The molecule has 6 heteroatoms. The topological polar surface area (TPSA) is 79.2 Å². The zero-order valence-corrected chi connectivity index (χ0v) is 10.0. The van der Waals surface area contributed by atoms with Crippen LogP contribution in [0.1, 0.15) is 10.6 Å². The molecule has 2 rings (SSSR count). The first-order chi connectivity index (χ1) is 8.58. The second kappa shape index (κ2) is 4.79. The highest BCUT2D eigenvalue weighted by Gasteiger charge is 2.07. The molecule has 0 saturated heterocycles. The molecule has 0 radical (unpaired) electrons. The van der Waals surface area contributed by atoms with E-state index in [1.807, 2.05) is 31.1 Å². The predicted octanol–water partition coefficient (Wildman–Crippen LogP) is 1.30. The Morgan fingerprint density at radius 1 is 1.17 bits per heavy atom. The molecular weight excluding hydrogens is 232 g/mol. The van der Waals surface area contributed by atoms with Gasteiger partial charge in [0.2, 0.25) is 5.82 Å². The van der Waals surface area contributed by atoms with Gasteiger partial charge in [-0.3, -0.25) is 0 Å². The van der Waals surface area contributed by atoms with Crippen molar-refractivity contribution in [1.82, 2.24) is 15.0 Å². The van der Waals surface area contributed by atoms with Gasteiger partial charge in [-0.1, -0.05) is 0 Å². The van der Waals surface area contributed by atoms with Gasteiger partial charge in [-0.15, -0.1) is 0 Å². The summed E-state index contributed by atoms with van der Waals surface area (Å²) < 4.78 is 0. The predicted molar refractivity (Wildman–Crippen MR) is 66.5 cm³/mol. The summed E-state index contributed by atoms with van der Waals surface area (Å²) in [4.78, 5) is 24.3. The Morgan fingerprint density at radius 2 is 1.83 bits per heavy atom. The third-order valence-electron chi connectivity index (χ3n) is 2.38. The van der Waals surface area contributed by atoms with E-state index in [1.165, 1.54) is 12.4 Å². The molecule has 6 nitrogen and oxygen atoms in total. The summed E-state index contributed by atoms with van der Waals surface area (Å²) in [6.45, 7) is 0. The van der Waals surface area contributed by atoms with Gasteiger partial charge in [-0.2, -0.15) is 0 Å². The largest absolute Gasteiger partial charge is 0.475 e. The van der Waals surface area contributed by atoms with Crippen LogP contribution in [0.4, 0.5) is 5.82 Å². The van der Waals surface area contributed by atoms with Gasteiger partial charge in [0.05, 0.1) is 0 Å². The van der Waals surface area contributed by atoms with Crippen LogP contribution >= 0.6 is 0 Å². The Kier molecular flexibility index (Phi) is 3.18. The molecule has 0 saturated carbocycles. The van der Waals surface area contributed by atoms with Crippen LogP contribution < -0.4 is 4.90 Å². The molecule has 0 spiro atoms. The van der Waals surface area contributed by atoms with Crippen molar-refractivity contribution in [3.05, 3.63) is 36.5 Å². The summed E-state index contributed by atoms with van der Waals surface area (Å²) in [7, 11) is 3.80. The molecule has 1 N–H and O–H groups in total. The third-order valence-corrected chi connectivity index (χ3v) is 2.38. The fraction of sp³-hybridized carbons (Fsp3) is 0.167. The summed E-state index contributed by atoms with van der Waals surface area (Å²) in [5.74, 6) is -0.527. The Hall–Kier alpha value is -2.50. The Labute approximate surface area is 104 Å². The lowest BCUT2D eigenvalue weighted by Gasteiger charge is -2.11. The number of carbonyl (C=O) groups is 1. The smallest absolute Gasteiger partial charge is 0.373 e. The normalized spacial score (nSPS) is 10.1. The van der Waals surface area contributed by atoms with Crippen molar-refractivity contribution in [2.75, 3.05) is 19.0 Å². The van der Waals surface area contributed by atoms with E-state index in [-0.39, 0.29) is 5.82 Å². The molecule has 0 aliphatic heterocycles. The maximum Gasteiger partial charge on any atom is 0.373 e. The average molecular weight is 244 g/mol. The van der Waals surface area contributed by atoms with Gasteiger partial charge in [-0.05, 0) is 17.7 Å². The van der Waals surface area contributed by atoms with Crippen molar-refractivity contribution >= 4 is 11.8 Å². The van der Waals surface area contributed by atoms with E-state index in [2.05, 4.69) is 15.0 Å². The lowest BCUT2D eigenvalue weighted by atomic mass is 10.1. The molecule has 2 aromatic rings. The molecule has 2 heterocycles. The summed E-state index contributed by atoms with van der Waals surface area (Å²) in [5, 5.41) is 8.72. The molecule has 0 aromatic carbocycles. The van der Waals surface area contributed by atoms with Crippen molar-refractivity contribution in [3.63, 3.8) is 0 Å². The Bertz CT molecular complexity index is 567. The Balaban J connectivity index is 2.36. The van der Waals surface area contributed by atoms with Crippen molar-refractivity contribution in [2.45, 2.75) is 0 Å². The molecule has 0 atom stereocenters. The van der Waals surface area contributed by atoms with Crippen LogP contribution in [-0.2, 0) is 0 Å². The van der Waals surface area contributed by atoms with E-state index < -0.39 is 5.97 Å². The molecule has 0 fully saturated rings. The molecule has 18 heavy (non-hydrogen) atoms. The summed E-state index contributed by atoms with van der Waals surface area (Å²) in [5.41, 5.74) is 1.65. The van der Waals surface area contributed by atoms with E-state index in [9.17, 15) is 4.79 Å². The van der Waals surface area contributed by atoms with Crippen LogP contribution in [0.5, 0.6) is 0 Å². The van der Waals surface area contributed by atoms with Gasteiger partial charge in [-0.25, -0.2) is 19.7 Å². The minimum atomic E-state index is -1.13. The number of nitrogens with zero attached hydrogens (tertiary/aromatic N) is 4. The minimum absolute atomic E-state index is 0.208. The monoisotopic (exact) mass is 244 g/mol. The van der Waals surface area contributed by atoms with E-state index in [4.69, 9.17) is 5.11 Å². The third kappa shape index (κ3) is 2.42. The number of anilines is 1. The first-order valence-corrected chi connectivity index (χ1v) is 5.27. The standard InChI is InChI=1S/C12H12N4O2/c1-16(2)10-5-8(3-4-13-10)9-6-14-11(12(17)18)15-7-9/h3-7H,1-2H3,(H,17,18). The van der Waals surface area contributed by atoms with E-state index in [0.717, 1.165) is 16.9 Å². The zero-order valence-electron chi connectivity index (χ0n) is 10.0. The van der Waals surface area contributed by atoms with Gasteiger partial charge in [0.1, 0.15) is 5.82 Å². The fourth-order valence-corrected chi connectivity index (χ4v) is 1.43. The minimum Gasteiger partial charge on any atom is -0.475 e. The van der Waals surface area contributed by atoms with Gasteiger partial charge in [0.25, 0.3) is 0 Å². The van der Waals surface area contributed by atoms with Crippen LogP contribution in [-0.4, -0.2) is 40.1 Å². The number of carboxylic acids is 1. The van der Waals surface area contributed by atoms with Crippen LogP contribution in [0.3, 0.4) is 0 Å². The van der Waals surface area contributed by atoms with Gasteiger partial charge >= 0.3 is 5.97 Å². The number of rotatable bonds is 3. The number of pyridine rings is 1.